The number of rotatable bonds is 4. The molecule has 1 unspecified atom stereocenters. The molecule has 5 nitrogen and oxygen atoms in total. The molecule has 0 bridgehead atoms. The van der Waals surface area contributed by atoms with Gasteiger partial charge >= 0.3 is 0 Å². The number of hydrogen-bond acceptors (Lipinski definition) is 3. The van der Waals surface area contributed by atoms with Crippen LogP contribution in [0.25, 0.3) is 10.9 Å². The molecule has 1 atom stereocenters. The number of hydrogen-bond donors (Lipinski definition) is 3. The first-order chi connectivity index (χ1) is 8.20. The topological polar surface area (TPSA) is 80.1 Å². The average Bonchev–Trinajstić information content (AvgIpc) is 2.76. The summed E-state index contributed by atoms with van der Waals surface area (Å²) < 4.78 is 4.83. The highest BCUT2D eigenvalue weighted by molar-refractivity contribution is 5.96. The molecular formula is C12H16ClN3O2. The molecule has 4 N–H and O–H groups in total. The van der Waals surface area contributed by atoms with Crippen molar-refractivity contribution in [3.05, 3.63) is 30.5 Å². The third-order valence-corrected chi connectivity index (χ3v) is 2.50. The number of amides is 1. The second-order valence-electron chi connectivity index (χ2n) is 3.83. The molecular weight excluding hydrogens is 254 g/mol. The van der Waals surface area contributed by atoms with Crippen LogP contribution in [0.5, 0.6) is 0 Å². The number of benzene rings is 1. The number of fused-ring (bicyclic) bond motifs is 1. The van der Waals surface area contributed by atoms with Gasteiger partial charge in [-0.1, -0.05) is 0 Å². The Hall–Kier alpha value is -1.56. The van der Waals surface area contributed by atoms with Crippen molar-refractivity contribution in [2.75, 3.05) is 19.0 Å². The van der Waals surface area contributed by atoms with E-state index >= 15 is 0 Å². The molecule has 0 aliphatic rings. The van der Waals surface area contributed by atoms with Crippen molar-refractivity contribution in [2.24, 2.45) is 5.73 Å². The summed E-state index contributed by atoms with van der Waals surface area (Å²) >= 11 is 0. The van der Waals surface area contributed by atoms with Crippen molar-refractivity contribution in [1.82, 2.24) is 4.98 Å². The number of aromatic nitrogens is 1. The maximum Gasteiger partial charge on any atom is 0.243 e. The maximum absolute atomic E-state index is 11.7. The van der Waals surface area contributed by atoms with Gasteiger partial charge < -0.3 is 20.8 Å². The number of aromatic amines is 1. The fourth-order valence-electron chi connectivity index (χ4n) is 1.62. The highest BCUT2D eigenvalue weighted by atomic mass is 35.5. The Balaban J connectivity index is 0.00000162. The fourth-order valence-corrected chi connectivity index (χ4v) is 1.62. The van der Waals surface area contributed by atoms with Gasteiger partial charge in [0, 0.05) is 29.9 Å². The van der Waals surface area contributed by atoms with E-state index < -0.39 is 6.04 Å². The summed E-state index contributed by atoms with van der Waals surface area (Å²) in [6.45, 7) is 0.207. The van der Waals surface area contributed by atoms with Crippen LogP contribution in [0, 0.1) is 0 Å². The molecule has 0 fully saturated rings. The van der Waals surface area contributed by atoms with Crippen LogP contribution in [0.15, 0.2) is 30.5 Å². The summed E-state index contributed by atoms with van der Waals surface area (Å²) in [5, 5.41) is 3.80. The molecule has 1 amide bonds. The predicted octanol–water partition coefficient (Wildman–Crippen LogP) is 1.50. The first-order valence-corrected chi connectivity index (χ1v) is 5.33. The van der Waals surface area contributed by atoms with Gasteiger partial charge in [0.15, 0.2) is 0 Å². The van der Waals surface area contributed by atoms with Crippen LogP contribution in [0.1, 0.15) is 0 Å². The number of carbonyl (C=O) groups is 1. The van der Waals surface area contributed by atoms with Gasteiger partial charge in [0.2, 0.25) is 5.91 Å². The van der Waals surface area contributed by atoms with E-state index in [2.05, 4.69) is 10.3 Å². The van der Waals surface area contributed by atoms with Crippen molar-refractivity contribution < 1.29 is 9.53 Å². The predicted molar refractivity (Wildman–Crippen MR) is 74.0 cm³/mol. The van der Waals surface area contributed by atoms with E-state index in [-0.39, 0.29) is 24.9 Å². The third-order valence-electron chi connectivity index (χ3n) is 2.50. The minimum absolute atomic E-state index is 0. The zero-order valence-electron chi connectivity index (χ0n) is 9.97. The van der Waals surface area contributed by atoms with Gasteiger partial charge in [0.1, 0.15) is 6.04 Å². The van der Waals surface area contributed by atoms with Crippen LogP contribution in [-0.2, 0) is 9.53 Å². The van der Waals surface area contributed by atoms with Gasteiger partial charge in [-0.15, -0.1) is 12.4 Å². The van der Waals surface area contributed by atoms with E-state index in [0.29, 0.717) is 0 Å². The van der Waals surface area contributed by atoms with Gasteiger partial charge in [-0.2, -0.15) is 0 Å². The summed E-state index contributed by atoms with van der Waals surface area (Å²) in [5.41, 5.74) is 7.39. The lowest BCUT2D eigenvalue weighted by molar-refractivity contribution is -0.118. The van der Waals surface area contributed by atoms with E-state index in [1.165, 1.54) is 7.11 Å². The Kier molecular flexibility index (Phi) is 5.15. The largest absolute Gasteiger partial charge is 0.383 e. The lowest BCUT2D eigenvalue weighted by atomic mass is 10.2. The molecule has 2 rings (SSSR count). The van der Waals surface area contributed by atoms with Crippen molar-refractivity contribution >= 4 is 34.9 Å². The Bertz CT molecular complexity index is 527. The molecule has 1 aromatic carbocycles. The summed E-state index contributed by atoms with van der Waals surface area (Å²) in [7, 11) is 1.51. The summed E-state index contributed by atoms with van der Waals surface area (Å²) in [6, 6.07) is 6.92. The summed E-state index contributed by atoms with van der Waals surface area (Å²) in [4.78, 5) is 14.7. The molecule has 0 radical (unpaired) electrons. The molecule has 18 heavy (non-hydrogen) atoms. The number of nitrogens with two attached hydrogens (primary N) is 1. The number of nitrogens with one attached hydrogen (secondary N) is 2. The molecule has 0 spiro atoms. The quantitative estimate of drug-likeness (QED) is 0.787. The average molecular weight is 270 g/mol. The SMILES string of the molecule is COCC(N)C(=O)Nc1ccc2[nH]ccc2c1.Cl. The Morgan fingerprint density at radius 2 is 2.28 bits per heavy atom. The number of halogens is 1. The molecule has 0 saturated heterocycles. The van der Waals surface area contributed by atoms with Crippen molar-refractivity contribution in [2.45, 2.75) is 6.04 Å². The van der Waals surface area contributed by atoms with Crippen LogP contribution in [0.4, 0.5) is 5.69 Å². The van der Waals surface area contributed by atoms with Gasteiger partial charge in [0.05, 0.1) is 6.61 Å². The van der Waals surface area contributed by atoms with Gasteiger partial charge in [-0.05, 0) is 24.3 Å². The normalized spacial score (nSPS) is 11.9. The molecule has 1 heterocycles. The van der Waals surface area contributed by atoms with E-state index in [0.717, 1.165) is 16.6 Å². The van der Waals surface area contributed by atoms with Crippen LogP contribution in [0.2, 0.25) is 0 Å². The second-order valence-corrected chi connectivity index (χ2v) is 3.83. The molecule has 0 aliphatic carbocycles. The number of H-pyrrole nitrogens is 1. The number of ether oxygens (including phenoxy) is 1. The molecule has 2 aromatic rings. The zero-order chi connectivity index (χ0) is 12.3. The Morgan fingerprint density at radius 3 is 3.00 bits per heavy atom. The lowest BCUT2D eigenvalue weighted by Gasteiger charge is -2.11. The zero-order valence-corrected chi connectivity index (χ0v) is 10.8. The van der Waals surface area contributed by atoms with Crippen LogP contribution in [0.3, 0.4) is 0 Å². The molecule has 0 aliphatic heterocycles. The van der Waals surface area contributed by atoms with Gasteiger partial charge in [-0.25, -0.2) is 0 Å². The first kappa shape index (κ1) is 14.5. The Labute approximate surface area is 111 Å². The first-order valence-electron chi connectivity index (χ1n) is 5.33. The van der Waals surface area contributed by atoms with E-state index in [1.54, 1.807) is 0 Å². The van der Waals surface area contributed by atoms with Gasteiger partial charge in [-0.3, -0.25) is 4.79 Å². The summed E-state index contributed by atoms with van der Waals surface area (Å²) in [6.07, 6.45) is 1.85. The van der Waals surface area contributed by atoms with Crippen LogP contribution < -0.4 is 11.1 Å². The Morgan fingerprint density at radius 1 is 1.50 bits per heavy atom. The lowest BCUT2D eigenvalue weighted by Crippen LogP contribution is -2.39. The minimum atomic E-state index is -0.651. The van der Waals surface area contributed by atoms with E-state index in [4.69, 9.17) is 10.5 Å². The molecule has 0 saturated carbocycles. The highest BCUT2D eigenvalue weighted by Crippen LogP contribution is 2.17. The monoisotopic (exact) mass is 269 g/mol. The van der Waals surface area contributed by atoms with Crippen LogP contribution in [-0.4, -0.2) is 30.6 Å². The van der Waals surface area contributed by atoms with Crippen molar-refractivity contribution in [3.8, 4) is 0 Å². The fraction of sp³-hybridized carbons (Fsp3) is 0.250. The molecule has 1 aromatic heterocycles. The van der Waals surface area contributed by atoms with Gasteiger partial charge in [0.25, 0.3) is 0 Å². The van der Waals surface area contributed by atoms with E-state index in [9.17, 15) is 4.79 Å². The second kappa shape index (κ2) is 6.39. The van der Waals surface area contributed by atoms with Crippen molar-refractivity contribution in [3.63, 3.8) is 0 Å². The number of methoxy groups -OCH3 is 1. The molecule has 98 valence electrons. The summed E-state index contributed by atoms with van der Waals surface area (Å²) in [5.74, 6) is -0.248. The highest BCUT2D eigenvalue weighted by Gasteiger charge is 2.13. The van der Waals surface area contributed by atoms with Crippen LogP contribution >= 0.6 is 12.4 Å². The number of anilines is 1. The smallest absolute Gasteiger partial charge is 0.243 e. The standard InChI is InChI=1S/C12H15N3O2.ClH/c1-17-7-10(13)12(16)15-9-2-3-11-8(6-9)4-5-14-11;/h2-6,10,14H,7,13H2,1H3,(H,15,16);1H. The van der Waals surface area contributed by atoms with Crippen molar-refractivity contribution in [1.29, 1.82) is 0 Å². The van der Waals surface area contributed by atoms with E-state index in [1.807, 2.05) is 30.5 Å². The third kappa shape index (κ3) is 3.22. The maximum atomic E-state index is 11.7. The molecule has 6 heteroatoms. The number of carbonyl (C=O) groups excluding carboxylic acids is 1. The minimum Gasteiger partial charge on any atom is -0.383 e.